The number of rotatable bonds is 5. The summed E-state index contributed by atoms with van der Waals surface area (Å²) in [4.78, 5) is 18.5. The number of piperazine rings is 1. The van der Waals surface area contributed by atoms with Crippen LogP contribution in [-0.2, 0) is 0 Å². The third kappa shape index (κ3) is 3.95. The molecule has 0 aliphatic carbocycles. The van der Waals surface area contributed by atoms with Crippen molar-refractivity contribution >= 4 is 28.5 Å². The fourth-order valence-corrected chi connectivity index (χ4v) is 4.58. The zero-order valence-corrected chi connectivity index (χ0v) is 18.3. The van der Waals surface area contributed by atoms with Crippen molar-refractivity contribution < 1.29 is 4.79 Å². The van der Waals surface area contributed by atoms with E-state index >= 15 is 0 Å². The zero-order chi connectivity index (χ0) is 22.1. The maximum absolute atomic E-state index is 11.5. The van der Waals surface area contributed by atoms with Gasteiger partial charge in [0.25, 0.3) is 0 Å². The van der Waals surface area contributed by atoms with Gasteiger partial charge < -0.3 is 10.7 Å². The number of hydrogen-bond donors (Lipinski definition) is 1. The molecule has 2 heterocycles. The highest BCUT2D eigenvalue weighted by molar-refractivity contribution is 6.30. The first-order valence-electron chi connectivity index (χ1n) is 10.7. The highest BCUT2D eigenvalue weighted by Crippen LogP contribution is 2.30. The van der Waals surface area contributed by atoms with Crippen LogP contribution in [0.15, 0.2) is 79.1 Å². The Morgan fingerprint density at radius 3 is 2.28 bits per heavy atom. The number of amides is 1. The molecule has 3 aromatic carbocycles. The van der Waals surface area contributed by atoms with Crippen LogP contribution in [0.25, 0.3) is 11.0 Å². The van der Waals surface area contributed by atoms with Gasteiger partial charge in [-0.3, -0.25) is 9.69 Å². The number of halogens is 1. The predicted octanol–water partition coefficient (Wildman–Crippen LogP) is 3.83. The van der Waals surface area contributed by atoms with Crippen LogP contribution in [0.5, 0.6) is 0 Å². The summed E-state index contributed by atoms with van der Waals surface area (Å²) in [5.41, 5.74) is 10.1. The lowest BCUT2D eigenvalue weighted by molar-refractivity contribution is 0.100. The van der Waals surface area contributed by atoms with E-state index in [0.29, 0.717) is 5.56 Å². The molecule has 0 saturated carbocycles. The molecule has 2 N–H and O–H groups in total. The van der Waals surface area contributed by atoms with E-state index in [4.69, 9.17) is 17.3 Å². The number of fused-ring (bicyclic) bond motifs is 1. The number of benzene rings is 3. The quantitative estimate of drug-likeness (QED) is 0.507. The van der Waals surface area contributed by atoms with E-state index in [-0.39, 0.29) is 6.04 Å². The number of imidazole rings is 1. The van der Waals surface area contributed by atoms with Crippen molar-refractivity contribution in [2.45, 2.75) is 6.04 Å². The molecule has 1 aliphatic heterocycles. The van der Waals surface area contributed by atoms with Gasteiger partial charge in [-0.2, -0.15) is 0 Å². The van der Waals surface area contributed by atoms with Crippen LogP contribution in [0.2, 0.25) is 5.02 Å². The minimum absolute atomic E-state index is 0.174. The first kappa shape index (κ1) is 20.5. The fraction of sp³-hybridized carbons (Fsp3) is 0.200. The van der Waals surface area contributed by atoms with E-state index in [0.717, 1.165) is 42.2 Å². The Bertz CT molecular complexity index is 1230. The Kier molecular flexibility index (Phi) is 5.55. The van der Waals surface area contributed by atoms with Gasteiger partial charge >= 0.3 is 0 Å². The summed E-state index contributed by atoms with van der Waals surface area (Å²) in [5, 5.41) is 3.04. The molecule has 0 spiro atoms. The average Bonchev–Trinajstić information content (AvgIpc) is 3.25. The van der Waals surface area contributed by atoms with Gasteiger partial charge in [0.1, 0.15) is 6.33 Å². The van der Waals surface area contributed by atoms with E-state index in [1.54, 1.807) is 12.1 Å². The van der Waals surface area contributed by atoms with Crippen LogP contribution >= 0.6 is 11.6 Å². The molecular weight excluding hydrogens is 422 g/mol. The van der Waals surface area contributed by atoms with Gasteiger partial charge in [-0.1, -0.05) is 54.1 Å². The van der Waals surface area contributed by atoms with Gasteiger partial charge in [0.05, 0.1) is 17.1 Å². The van der Waals surface area contributed by atoms with Crippen molar-refractivity contribution in [2.24, 2.45) is 5.73 Å². The van der Waals surface area contributed by atoms with Crippen LogP contribution in [0.3, 0.4) is 0 Å². The first-order valence-corrected chi connectivity index (χ1v) is 11.0. The molecular formula is C25H24ClN5O. The molecule has 4 aromatic rings. The maximum atomic E-state index is 11.5. The number of carbonyl (C=O) groups excluding carboxylic acids is 1. The van der Waals surface area contributed by atoms with Gasteiger partial charge in [-0.05, 0) is 41.5 Å². The minimum atomic E-state index is -0.441. The van der Waals surface area contributed by atoms with Crippen LogP contribution in [-0.4, -0.2) is 46.6 Å². The van der Waals surface area contributed by atoms with Crippen LogP contribution in [0.4, 0.5) is 0 Å². The number of carbonyl (C=O) groups is 1. The van der Waals surface area contributed by atoms with Crippen LogP contribution in [0.1, 0.15) is 27.5 Å². The first-order chi connectivity index (χ1) is 15.6. The second-order valence-electron chi connectivity index (χ2n) is 8.01. The van der Waals surface area contributed by atoms with E-state index in [2.05, 4.69) is 56.0 Å². The number of nitrogens with two attached hydrogens (primary N) is 1. The summed E-state index contributed by atoms with van der Waals surface area (Å²) in [6, 6.07) is 24.3. The molecule has 1 aliphatic rings. The Labute approximate surface area is 191 Å². The molecule has 0 radical (unpaired) electrons. The number of hydrogen-bond acceptors (Lipinski definition) is 4. The maximum Gasteiger partial charge on any atom is 0.248 e. The largest absolute Gasteiger partial charge is 0.366 e. The smallest absolute Gasteiger partial charge is 0.248 e. The van der Waals surface area contributed by atoms with Crippen LogP contribution < -0.4 is 10.7 Å². The number of nitrogens with zero attached hydrogens (tertiary/aromatic N) is 4. The molecule has 7 heteroatoms. The summed E-state index contributed by atoms with van der Waals surface area (Å²) in [7, 11) is 0. The highest BCUT2D eigenvalue weighted by atomic mass is 35.5. The third-order valence-electron chi connectivity index (χ3n) is 6.07. The lowest BCUT2D eigenvalue weighted by Crippen LogP contribution is -2.51. The van der Waals surface area contributed by atoms with Crippen LogP contribution in [0, 0.1) is 0 Å². The minimum Gasteiger partial charge on any atom is -0.366 e. The second kappa shape index (κ2) is 8.65. The molecule has 162 valence electrons. The SMILES string of the molecule is NC(=O)c1ccc2c(c1)ncn2N1CCN(C(c2ccccc2)c2ccc(Cl)cc2)CC1. The molecule has 1 aromatic heterocycles. The van der Waals surface area contributed by atoms with Crippen molar-refractivity contribution in [3.8, 4) is 0 Å². The summed E-state index contributed by atoms with van der Waals surface area (Å²) in [6.07, 6.45) is 1.82. The molecule has 32 heavy (non-hydrogen) atoms. The monoisotopic (exact) mass is 445 g/mol. The van der Waals surface area contributed by atoms with Gasteiger partial charge in [0.15, 0.2) is 0 Å². The van der Waals surface area contributed by atoms with Crippen molar-refractivity contribution in [3.63, 3.8) is 0 Å². The molecule has 1 atom stereocenters. The van der Waals surface area contributed by atoms with Gasteiger partial charge in [0.2, 0.25) is 5.91 Å². The topological polar surface area (TPSA) is 67.4 Å². The van der Waals surface area contributed by atoms with E-state index in [9.17, 15) is 4.79 Å². The van der Waals surface area contributed by atoms with Gasteiger partial charge in [-0.15, -0.1) is 0 Å². The van der Waals surface area contributed by atoms with Crippen molar-refractivity contribution in [2.75, 3.05) is 31.2 Å². The number of primary amides is 1. The summed E-state index contributed by atoms with van der Waals surface area (Å²) in [5.74, 6) is -0.441. The summed E-state index contributed by atoms with van der Waals surface area (Å²) >= 11 is 6.14. The Hall–Kier alpha value is -3.35. The fourth-order valence-electron chi connectivity index (χ4n) is 4.46. The van der Waals surface area contributed by atoms with Gasteiger partial charge in [0, 0.05) is 36.8 Å². The number of aromatic nitrogens is 2. The summed E-state index contributed by atoms with van der Waals surface area (Å²) < 4.78 is 2.08. The van der Waals surface area contributed by atoms with E-state index in [1.807, 2.05) is 30.6 Å². The molecule has 1 fully saturated rings. The lowest BCUT2D eigenvalue weighted by Gasteiger charge is -2.41. The second-order valence-corrected chi connectivity index (χ2v) is 8.45. The third-order valence-corrected chi connectivity index (χ3v) is 6.33. The molecule has 6 nitrogen and oxygen atoms in total. The zero-order valence-electron chi connectivity index (χ0n) is 17.6. The normalized spacial score (nSPS) is 15.7. The Balaban J connectivity index is 1.38. The predicted molar refractivity (Wildman–Crippen MR) is 128 cm³/mol. The van der Waals surface area contributed by atoms with E-state index < -0.39 is 5.91 Å². The highest BCUT2D eigenvalue weighted by Gasteiger charge is 2.27. The molecule has 1 amide bonds. The van der Waals surface area contributed by atoms with Crippen molar-refractivity contribution in [3.05, 3.63) is 101 Å². The Morgan fingerprint density at radius 1 is 0.906 bits per heavy atom. The average molecular weight is 446 g/mol. The lowest BCUT2D eigenvalue weighted by atomic mass is 9.96. The standard InChI is InChI=1S/C25H24ClN5O/c26-21-9-6-19(7-10-21)24(18-4-2-1-3-5-18)29-12-14-30(15-13-29)31-17-28-22-16-20(25(27)32)8-11-23(22)31/h1-11,16-17,24H,12-15H2,(H2,27,32). The molecule has 5 rings (SSSR count). The van der Waals surface area contributed by atoms with Gasteiger partial charge in [-0.25, -0.2) is 9.66 Å². The van der Waals surface area contributed by atoms with Crippen molar-refractivity contribution in [1.82, 2.24) is 14.6 Å². The van der Waals surface area contributed by atoms with E-state index in [1.165, 1.54) is 11.1 Å². The summed E-state index contributed by atoms with van der Waals surface area (Å²) in [6.45, 7) is 3.53. The molecule has 0 bridgehead atoms. The molecule has 1 saturated heterocycles. The Morgan fingerprint density at radius 2 is 1.59 bits per heavy atom. The molecule has 1 unspecified atom stereocenters. The van der Waals surface area contributed by atoms with Crippen molar-refractivity contribution in [1.29, 1.82) is 0 Å².